The third-order valence-electron chi connectivity index (χ3n) is 3.66. The molecule has 0 spiro atoms. The van der Waals surface area contributed by atoms with E-state index in [0.29, 0.717) is 10.8 Å². The lowest BCUT2D eigenvalue weighted by molar-refractivity contribution is 1.21. The van der Waals surface area contributed by atoms with Gasteiger partial charge in [-0.2, -0.15) is 0 Å². The van der Waals surface area contributed by atoms with Crippen LogP contribution in [0.25, 0.3) is 22.3 Å². The van der Waals surface area contributed by atoms with Crippen molar-refractivity contribution in [2.45, 2.75) is 13.8 Å². The molecule has 1 heterocycles. The third kappa shape index (κ3) is 2.57. The number of nitrogens with one attached hydrogen (secondary N) is 1. The summed E-state index contributed by atoms with van der Waals surface area (Å²) in [6.45, 7) is 4.19. The molecule has 0 atom stereocenters. The summed E-state index contributed by atoms with van der Waals surface area (Å²) in [7, 11) is 1.86. The predicted molar refractivity (Wildman–Crippen MR) is 89.0 cm³/mol. The Hall–Kier alpha value is -2.13. The Morgan fingerprint density at radius 3 is 2.48 bits per heavy atom. The van der Waals surface area contributed by atoms with Crippen LogP contribution in [0.3, 0.4) is 0 Å². The largest absolute Gasteiger partial charge is 0.373 e. The van der Waals surface area contributed by atoms with Gasteiger partial charge < -0.3 is 5.32 Å². The number of aromatic nitrogens is 2. The van der Waals surface area contributed by atoms with E-state index in [1.165, 1.54) is 11.1 Å². The summed E-state index contributed by atoms with van der Waals surface area (Å²) in [4.78, 5) is 9.27. The average Bonchev–Trinajstić information content (AvgIpc) is 2.48. The minimum absolute atomic E-state index is 0.675. The molecule has 0 amide bonds. The molecule has 0 aliphatic heterocycles. The van der Waals surface area contributed by atoms with Gasteiger partial charge in [-0.15, -0.1) is 0 Å². The van der Waals surface area contributed by atoms with E-state index >= 15 is 0 Å². The molecule has 0 unspecified atom stereocenters. The first-order valence-corrected chi connectivity index (χ1v) is 7.19. The highest BCUT2D eigenvalue weighted by Crippen LogP contribution is 2.27. The molecule has 3 aromatic rings. The molecule has 1 N–H and O–H groups in total. The summed E-state index contributed by atoms with van der Waals surface area (Å²) in [5.74, 6) is 1.52. The number of anilines is 1. The second-order valence-corrected chi connectivity index (χ2v) is 5.54. The zero-order chi connectivity index (χ0) is 15.0. The number of rotatable bonds is 2. The number of halogens is 1. The van der Waals surface area contributed by atoms with E-state index < -0.39 is 0 Å². The molecule has 4 heteroatoms. The molecule has 0 fully saturated rings. The lowest BCUT2D eigenvalue weighted by atomic mass is 10.1. The van der Waals surface area contributed by atoms with Crippen molar-refractivity contribution >= 4 is 28.3 Å². The lowest BCUT2D eigenvalue weighted by Crippen LogP contribution is -1.99. The van der Waals surface area contributed by atoms with Crippen molar-refractivity contribution in [1.29, 1.82) is 0 Å². The van der Waals surface area contributed by atoms with Crippen LogP contribution < -0.4 is 5.32 Å². The molecular weight excluding hydrogens is 282 g/mol. The van der Waals surface area contributed by atoms with E-state index in [2.05, 4.69) is 41.3 Å². The summed E-state index contributed by atoms with van der Waals surface area (Å²) >= 11 is 6.08. The van der Waals surface area contributed by atoms with Crippen LogP contribution in [0, 0.1) is 13.8 Å². The normalized spacial score (nSPS) is 10.9. The first-order chi connectivity index (χ1) is 10.1. The molecule has 0 radical (unpaired) electrons. The Morgan fingerprint density at radius 2 is 1.76 bits per heavy atom. The first kappa shape index (κ1) is 13.8. The van der Waals surface area contributed by atoms with Crippen LogP contribution in [-0.4, -0.2) is 17.0 Å². The molecular formula is C17H16ClN3. The van der Waals surface area contributed by atoms with Crippen LogP contribution in [0.2, 0.25) is 5.02 Å². The molecule has 0 bridgehead atoms. The van der Waals surface area contributed by atoms with Gasteiger partial charge in [0.15, 0.2) is 5.82 Å². The van der Waals surface area contributed by atoms with Gasteiger partial charge in [-0.25, -0.2) is 9.97 Å². The van der Waals surface area contributed by atoms with Crippen LogP contribution in [-0.2, 0) is 0 Å². The van der Waals surface area contributed by atoms with Gasteiger partial charge >= 0.3 is 0 Å². The number of aryl methyl sites for hydroxylation is 2. The SMILES string of the molecule is CNc1nc(-c2ccc(C)c(C)c2)nc2cc(Cl)ccc12. The summed E-state index contributed by atoms with van der Waals surface area (Å²) < 4.78 is 0. The minimum Gasteiger partial charge on any atom is -0.373 e. The van der Waals surface area contributed by atoms with Crippen molar-refractivity contribution < 1.29 is 0 Å². The van der Waals surface area contributed by atoms with Gasteiger partial charge in [0, 0.05) is 23.0 Å². The summed E-state index contributed by atoms with van der Waals surface area (Å²) in [6.07, 6.45) is 0. The summed E-state index contributed by atoms with van der Waals surface area (Å²) in [6, 6.07) is 11.9. The van der Waals surface area contributed by atoms with Crippen LogP contribution >= 0.6 is 11.6 Å². The molecule has 0 saturated heterocycles. The monoisotopic (exact) mass is 297 g/mol. The molecule has 0 aliphatic rings. The highest BCUT2D eigenvalue weighted by atomic mass is 35.5. The highest BCUT2D eigenvalue weighted by molar-refractivity contribution is 6.31. The zero-order valence-electron chi connectivity index (χ0n) is 12.2. The van der Waals surface area contributed by atoms with Crippen LogP contribution in [0.1, 0.15) is 11.1 Å². The van der Waals surface area contributed by atoms with Crippen molar-refractivity contribution in [2.24, 2.45) is 0 Å². The molecule has 3 rings (SSSR count). The van der Waals surface area contributed by atoms with Crippen molar-refractivity contribution in [1.82, 2.24) is 9.97 Å². The molecule has 2 aromatic carbocycles. The third-order valence-corrected chi connectivity index (χ3v) is 3.90. The molecule has 21 heavy (non-hydrogen) atoms. The summed E-state index contributed by atoms with van der Waals surface area (Å²) in [5.41, 5.74) is 4.34. The molecule has 1 aromatic heterocycles. The van der Waals surface area contributed by atoms with Gasteiger partial charge in [0.25, 0.3) is 0 Å². The van der Waals surface area contributed by atoms with Crippen molar-refractivity contribution in [3.63, 3.8) is 0 Å². The number of fused-ring (bicyclic) bond motifs is 1. The Bertz CT molecular complexity index is 828. The van der Waals surface area contributed by atoms with E-state index in [9.17, 15) is 0 Å². The van der Waals surface area contributed by atoms with Crippen molar-refractivity contribution in [3.05, 3.63) is 52.5 Å². The summed E-state index contributed by atoms with van der Waals surface area (Å²) in [5, 5.41) is 4.77. The Balaban J connectivity index is 2.24. The molecule has 106 valence electrons. The Labute approximate surface area is 129 Å². The smallest absolute Gasteiger partial charge is 0.162 e. The van der Waals surface area contributed by atoms with Gasteiger partial charge in [-0.05, 0) is 49.2 Å². The maximum Gasteiger partial charge on any atom is 0.162 e. The quantitative estimate of drug-likeness (QED) is 0.750. The Kier molecular flexibility index (Phi) is 3.52. The maximum absolute atomic E-state index is 6.08. The van der Waals surface area contributed by atoms with Crippen LogP contribution in [0.15, 0.2) is 36.4 Å². The van der Waals surface area contributed by atoms with Gasteiger partial charge in [-0.3, -0.25) is 0 Å². The lowest BCUT2D eigenvalue weighted by Gasteiger charge is -2.09. The van der Waals surface area contributed by atoms with E-state index in [-0.39, 0.29) is 0 Å². The predicted octanol–water partition coefficient (Wildman–Crippen LogP) is 4.61. The van der Waals surface area contributed by atoms with Gasteiger partial charge in [0.1, 0.15) is 5.82 Å². The highest BCUT2D eigenvalue weighted by Gasteiger charge is 2.09. The van der Waals surface area contributed by atoms with Crippen molar-refractivity contribution in [3.8, 4) is 11.4 Å². The average molecular weight is 298 g/mol. The van der Waals surface area contributed by atoms with E-state index in [1.807, 2.05) is 31.3 Å². The standard InChI is InChI=1S/C17H16ClN3/c1-10-4-5-12(8-11(10)2)16-20-15-9-13(18)6-7-14(15)17(19-3)21-16/h4-9H,1-3H3,(H,19,20,21). The van der Waals surface area contributed by atoms with Crippen LogP contribution in [0.5, 0.6) is 0 Å². The van der Waals surface area contributed by atoms with Gasteiger partial charge in [0.2, 0.25) is 0 Å². The topological polar surface area (TPSA) is 37.8 Å². The van der Waals surface area contributed by atoms with Gasteiger partial charge in [-0.1, -0.05) is 23.7 Å². The fraction of sp³-hybridized carbons (Fsp3) is 0.176. The molecule has 3 nitrogen and oxygen atoms in total. The number of hydrogen-bond acceptors (Lipinski definition) is 3. The minimum atomic E-state index is 0.675. The van der Waals surface area contributed by atoms with Gasteiger partial charge in [0.05, 0.1) is 5.52 Å². The second kappa shape index (κ2) is 5.34. The van der Waals surface area contributed by atoms with E-state index in [4.69, 9.17) is 11.6 Å². The number of nitrogens with zero attached hydrogens (tertiary/aromatic N) is 2. The first-order valence-electron chi connectivity index (χ1n) is 6.81. The molecule has 0 saturated carbocycles. The number of benzene rings is 2. The van der Waals surface area contributed by atoms with Crippen LogP contribution in [0.4, 0.5) is 5.82 Å². The maximum atomic E-state index is 6.08. The second-order valence-electron chi connectivity index (χ2n) is 5.11. The zero-order valence-corrected chi connectivity index (χ0v) is 13.0. The van der Waals surface area contributed by atoms with Crippen molar-refractivity contribution in [2.75, 3.05) is 12.4 Å². The van der Waals surface area contributed by atoms with E-state index in [1.54, 1.807) is 0 Å². The Morgan fingerprint density at radius 1 is 0.952 bits per heavy atom. The van der Waals surface area contributed by atoms with E-state index in [0.717, 1.165) is 22.3 Å². The fourth-order valence-corrected chi connectivity index (χ4v) is 2.47. The molecule has 0 aliphatic carbocycles. The fourth-order valence-electron chi connectivity index (χ4n) is 2.30. The number of hydrogen-bond donors (Lipinski definition) is 1.